The Bertz CT molecular complexity index is 238. The van der Waals surface area contributed by atoms with Crippen LogP contribution in [0.3, 0.4) is 0 Å². The van der Waals surface area contributed by atoms with E-state index in [2.05, 4.69) is 10.6 Å². The van der Waals surface area contributed by atoms with Gasteiger partial charge in [-0.2, -0.15) is 0 Å². The van der Waals surface area contributed by atoms with Crippen LogP contribution in [0.4, 0.5) is 0 Å². The first-order valence-corrected chi connectivity index (χ1v) is 4.56. The molecule has 13 heavy (non-hydrogen) atoms. The van der Waals surface area contributed by atoms with Gasteiger partial charge in [0, 0.05) is 13.1 Å². The molecule has 72 valence electrons. The first-order valence-electron chi connectivity index (χ1n) is 4.56. The van der Waals surface area contributed by atoms with Crippen molar-refractivity contribution in [3.05, 3.63) is 0 Å². The molecule has 2 saturated heterocycles. The summed E-state index contributed by atoms with van der Waals surface area (Å²) in [6.45, 7) is 2.35. The molecule has 0 bridgehead atoms. The van der Waals surface area contributed by atoms with E-state index in [1.54, 1.807) is 4.90 Å². The van der Waals surface area contributed by atoms with Crippen molar-refractivity contribution in [1.82, 2.24) is 15.5 Å². The molecule has 0 aromatic heterocycles. The molecule has 0 aliphatic carbocycles. The van der Waals surface area contributed by atoms with Gasteiger partial charge in [-0.15, -0.1) is 0 Å². The quantitative estimate of drug-likeness (QED) is 0.510. The summed E-state index contributed by atoms with van der Waals surface area (Å²) in [5.41, 5.74) is 0. The van der Waals surface area contributed by atoms with Crippen LogP contribution in [-0.2, 0) is 9.59 Å². The molecule has 0 radical (unpaired) electrons. The summed E-state index contributed by atoms with van der Waals surface area (Å²) >= 11 is 0. The zero-order chi connectivity index (χ0) is 9.26. The lowest BCUT2D eigenvalue weighted by atomic mass is 10.1. The van der Waals surface area contributed by atoms with Gasteiger partial charge in [-0.1, -0.05) is 0 Å². The largest absolute Gasteiger partial charge is 0.353 e. The molecule has 2 amide bonds. The molecule has 2 fully saturated rings. The molecule has 2 aliphatic rings. The summed E-state index contributed by atoms with van der Waals surface area (Å²) in [5.74, 6) is 0.0139. The molecule has 0 spiro atoms. The average Bonchev–Trinajstić information content (AvgIpc) is 2.01. The molecule has 5 heteroatoms. The summed E-state index contributed by atoms with van der Waals surface area (Å²) in [6, 6.07) is -0.0362. The number of hydrogen-bond donors (Lipinski definition) is 2. The van der Waals surface area contributed by atoms with Gasteiger partial charge in [-0.05, 0) is 13.0 Å². The van der Waals surface area contributed by atoms with Crippen LogP contribution >= 0.6 is 0 Å². The van der Waals surface area contributed by atoms with Crippen molar-refractivity contribution in [1.29, 1.82) is 0 Å². The van der Waals surface area contributed by atoms with E-state index in [-0.39, 0.29) is 24.4 Å². The minimum Gasteiger partial charge on any atom is -0.353 e. The van der Waals surface area contributed by atoms with Crippen molar-refractivity contribution in [2.45, 2.75) is 12.5 Å². The number of carbonyl (C=O) groups is 2. The molecule has 0 aromatic carbocycles. The van der Waals surface area contributed by atoms with Gasteiger partial charge >= 0.3 is 0 Å². The Labute approximate surface area is 76.5 Å². The van der Waals surface area contributed by atoms with Crippen LogP contribution in [0.1, 0.15) is 6.42 Å². The van der Waals surface area contributed by atoms with Crippen molar-refractivity contribution in [2.24, 2.45) is 0 Å². The number of carbonyl (C=O) groups excluding carboxylic acids is 2. The van der Waals surface area contributed by atoms with Crippen LogP contribution in [0.2, 0.25) is 0 Å². The highest BCUT2D eigenvalue weighted by molar-refractivity contribution is 5.88. The Kier molecular flexibility index (Phi) is 2.18. The molecular weight excluding hydrogens is 170 g/mol. The summed E-state index contributed by atoms with van der Waals surface area (Å²) in [4.78, 5) is 24.2. The number of amides is 2. The lowest BCUT2D eigenvalue weighted by molar-refractivity contribution is -0.141. The standard InChI is InChI=1S/C8H13N3O2/c12-7-5-11(4-3-10-7)8(13)6-1-2-9-6/h6,9H,1-5H2,(H,10,12)/t6-/m1/s1. The van der Waals surface area contributed by atoms with E-state index in [1.807, 2.05) is 0 Å². The van der Waals surface area contributed by atoms with Gasteiger partial charge in [-0.25, -0.2) is 0 Å². The monoisotopic (exact) mass is 183 g/mol. The van der Waals surface area contributed by atoms with E-state index in [4.69, 9.17) is 0 Å². The van der Waals surface area contributed by atoms with E-state index in [0.29, 0.717) is 13.1 Å². The summed E-state index contributed by atoms with van der Waals surface area (Å²) in [6.07, 6.45) is 0.900. The highest BCUT2D eigenvalue weighted by atomic mass is 16.2. The number of hydrogen-bond acceptors (Lipinski definition) is 3. The second-order valence-corrected chi connectivity index (χ2v) is 3.41. The first kappa shape index (κ1) is 8.50. The van der Waals surface area contributed by atoms with Crippen molar-refractivity contribution in [2.75, 3.05) is 26.2 Å². The van der Waals surface area contributed by atoms with Gasteiger partial charge in [0.15, 0.2) is 0 Å². The molecule has 0 saturated carbocycles. The van der Waals surface area contributed by atoms with Crippen molar-refractivity contribution >= 4 is 11.8 Å². The SMILES string of the molecule is O=C1CN(C(=O)[C@H]2CCN2)CCN1. The van der Waals surface area contributed by atoms with Crippen LogP contribution in [0.5, 0.6) is 0 Å². The number of nitrogens with zero attached hydrogens (tertiary/aromatic N) is 1. The molecule has 5 nitrogen and oxygen atoms in total. The van der Waals surface area contributed by atoms with E-state index in [0.717, 1.165) is 13.0 Å². The predicted octanol–water partition coefficient (Wildman–Crippen LogP) is -1.69. The topological polar surface area (TPSA) is 61.4 Å². The van der Waals surface area contributed by atoms with Crippen LogP contribution in [0.25, 0.3) is 0 Å². The Morgan fingerprint density at radius 1 is 1.46 bits per heavy atom. The Morgan fingerprint density at radius 3 is 2.77 bits per heavy atom. The van der Waals surface area contributed by atoms with Crippen LogP contribution in [-0.4, -0.2) is 48.9 Å². The fourth-order valence-electron chi connectivity index (χ4n) is 1.55. The Hall–Kier alpha value is -1.10. The fourth-order valence-corrected chi connectivity index (χ4v) is 1.55. The lowest BCUT2D eigenvalue weighted by Crippen LogP contribution is -2.59. The van der Waals surface area contributed by atoms with Crippen molar-refractivity contribution < 1.29 is 9.59 Å². The van der Waals surface area contributed by atoms with Gasteiger partial charge in [0.05, 0.1) is 12.6 Å². The number of rotatable bonds is 1. The third-order valence-electron chi connectivity index (χ3n) is 2.47. The molecule has 1 atom stereocenters. The van der Waals surface area contributed by atoms with E-state index in [9.17, 15) is 9.59 Å². The van der Waals surface area contributed by atoms with Gasteiger partial charge in [0.1, 0.15) is 0 Å². The molecular formula is C8H13N3O2. The van der Waals surface area contributed by atoms with Gasteiger partial charge < -0.3 is 15.5 Å². The minimum absolute atomic E-state index is 0.0362. The smallest absolute Gasteiger partial charge is 0.240 e. The lowest BCUT2D eigenvalue weighted by Gasteiger charge is -2.34. The summed E-state index contributed by atoms with van der Waals surface area (Å²) < 4.78 is 0. The van der Waals surface area contributed by atoms with Crippen LogP contribution in [0.15, 0.2) is 0 Å². The number of piperazine rings is 1. The Balaban J connectivity index is 1.91. The third-order valence-corrected chi connectivity index (χ3v) is 2.47. The molecule has 2 N–H and O–H groups in total. The van der Waals surface area contributed by atoms with Gasteiger partial charge in [-0.3, -0.25) is 9.59 Å². The fraction of sp³-hybridized carbons (Fsp3) is 0.750. The van der Waals surface area contributed by atoms with Gasteiger partial charge in [0.25, 0.3) is 0 Å². The normalized spacial score (nSPS) is 27.8. The van der Waals surface area contributed by atoms with Crippen LogP contribution in [0, 0.1) is 0 Å². The van der Waals surface area contributed by atoms with E-state index < -0.39 is 0 Å². The minimum atomic E-state index is -0.0566. The van der Waals surface area contributed by atoms with E-state index >= 15 is 0 Å². The maximum Gasteiger partial charge on any atom is 0.240 e. The zero-order valence-corrected chi connectivity index (χ0v) is 7.38. The number of nitrogens with one attached hydrogen (secondary N) is 2. The first-order chi connectivity index (χ1) is 6.27. The van der Waals surface area contributed by atoms with Crippen LogP contribution < -0.4 is 10.6 Å². The highest BCUT2D eigenvalue weighted by Gasteiger charge is 2.30. The second-order valence-electron chi connectivity index (χ2n) is 3.41. The third kappa shape index (κ3) is 1.65. The highest BCUT2D eigenvalue weighted by Crippen LogP contribution is 2.07. The zero-order valence-electron chi connectivity index (χ0n) is 7.38. The Morgan fingerprint density at radius 2 is 2.23 bits per heavy atom. The van der Waals surface area contributed by atoms with Gasteiger partial charge in [0.2, 0.25) is 11.8 Å². The molecule has 0 unspecified atom stereocenters. The average molecular weight is 183 g/mol. The maximum atomic E-state index is 11.6. The van der Waals surface area contributed by atoms with Crippen molar-refractivity contribution in [3.63, 3.8) is 0 Å². The van der Waals surface area contributed by atoms with Crippen molar-refractivity contribution in [3.8, 4) is 0 Å². The second kappa shape index (κ2) is 3.33. The maximum absolute atomic E-state index is 11.6. The summed E-state index contributed by atoms with van der Waals surface area (Å²) in [5, 5.41) is 5.72. The predicted molar refractivity (Wildman–Crippen MR) is 46.0 cm³/mol. The molecule has 2 aliphatic heterocycles. The molecule has 0 aromatic rings. The molecule has 2 heterocycles. The summed E-state index contributed by atoms with van der Waals surface area (Å²) in [7, 11) is 0. The van der Waals surface area contributed by atoms with E-state index in [1.165, 1.54) is 0 Å². The molecule has 2 rings (SSSR count).